The first-order valence-corrected chi connectivity index (χ1v) is 11.9. The van der Waals surface area contributed by atoms with E-state index in [-0.39, 0.29) is 17.5 Å². The molecule has 3 N–H and O–H groups in total. The molecular formula is C26H23FN6O5. The van der Waals surface area contributed by atoms with Crippen LogP contribution in [0.25, 0.3) is 5.57 Å². The summed E-state index contributed by atoms with van der Waals surface area (Å²) < 4.78 is 38.0. The molecule has 5 heterocycles. The van der Waals surface area contributed by atoms with Gasteiger partial charge in [-0.1, -0.05) is 6.08 Å². The second-order valence-corrected chi connectivity index (χ2v) is 8.84. The Morgan fingerprint density at radius 2 is 2.11 bits per heavy atom. The van der Waals surface area contributed by atoms with Gasteiger partial charge in [0, 0.05) is 29.8 Å². The van der Waals surface area contributed by atoms with E-state index in [1.807, 2.05) is 6.08 Å². The molecule has 1 spiro atoms. The van der Waals surface area contributed by atoms with Gasteiger partial charge in [0.25, 0.3) is 17.9 Å². The van der Waals surface area contributed by atoms with E-state index in [4.69, 9.17) is 24.7 Å². The summed E-state index contributed by atoms with van der Waals surface area (Å²) in [5, 5.41) is 2.81. The fourth-order valence-electron chi connectivity index (χ4n) is 4.79. The maximum Gasteiger partial charge on any atom is 0.283 e. The highest BCUT2D eigenvalue weighted by atomic mass is 19.1. The van der Waals surface area contributed by atoms with Gasteiger partial charge in [-0.25, -0.2) is 19.9 Å². The zero-order chi connectivity index (χ0) is 26.3. The fourth-order valence-corrected chi connectivity index (χ4v) is 4.79. The number of halogens is 1. The van der Waals surface area contributed by atoms with Crippen molar-refractivity contribution in [1.82, 2.24) is 15.0 Å². The van der Waals surface area contributed by atoms with E-state index in [9.17, 15) is 4.79 Å². The Morgan fingerprint density at radius 1 is 1.21 bits per heavy atom. The average molecular weight is 519 g/mol. The first kappa shape index (κ1) is 23.8. The Balaban J connectivity index is 1.42. The molecule has 1 amide bonds. The van der Waals surface area contributed by atoms with Crippen molar-refractivity contribution in [3.63, 3.8) is 0 Å². The lowest BCUT2D eigenvalue weighted by Gasteiger charge is -2.41. The molecule has 3 aliphatic rings. The van der Waals surface area contributed by atoms with Crippen LogP contribution in [0.3, 0.4) is 0 Å². The smallest absolute Gasteiger partial charge is 0.283 e. The first-order chi connectivity index (χ1) is 18.5. The van der Waals surface area contributed by atoms with Crippen LogP contribution in [-0.4, -0.2) is 53.7 Å². The first-order valence-electron chi connectivity index (χ1n) is 11.9. The number of nitrogens with one attached hydrogen (secondary N) is 1. The van der Waals surface area contributed by atoms with Crippen molar-refractivity contribution in [1.29, 1.82) is 0 Å². The average Bonchev–Trinajstić information content (AvgIpc) is 2.94. The fraction of sp³-hybridized carbons (Fsp3) is 0.269. The molecule has 11 nitrogen and oxygen atoms in total. The molecule has 194 valence electrons. The number of amides is 1. The SMILES string of the molecule is COc1cnc(C(=O)Nc2ccc3c(c2)[C@@]2(CCN=C(N)O2)c2cc(C4=CCOCC4)nc(F)c2O3)cn1. The van der Waals surface area contributed by atoms with Crippen LogP contribution in [0.15, 0.2) is 47.7 Å². The lowest BCUT2D eigenvalue weighted by molar-refractivity contribution is 0.0623. The van der Waals surface area contributed by atoms with Gasteiger partial charge in [-0.05, 0) is 36.3 Å². The second-order valence-electron chi connectivity index (χ2n) is 8.84. The van der Waals surface area contributed by atoms with Crippen molar-refractivity contribution in [2.45, 2.75) is 18.4 Å². The van der Waals surface area contributed by atoms with Crippen LogP contribution in [0.4, 0.5) is 10.1 Å². The van der Waals surface area contributed by atoms with Crippen LogP contribution in [0, 0.1) is 5.95 Å². The molecule has 2 aromatic heterocycles. The quantitative estimate of drug-likeness (QED) is 0.498. The molecule has 3 aromatic rings. The van der Waals surface area contributed by atoms with E-state index < -0.39 is 17.5 Å². The number of benzene rings is 1. The number of amidine groups is 1. The third-order valence-corrected chi connectivity index (χ3v) is 6.62. The van der Waals surface area contributed by atoms with Crippen LogP contribution in [0.2, 0.25) is 0 Å². The zero-order valence-corrected chi connectivity index (χ0v) is 20.4. The van der Waals surface area contributed by atoms with Crippen LogP contribution in [-0.2, 0) is 15.1 Å². The van der Waals surface area contributed by atoms with Crippen molar-refractivity contribution in [3.8, 4) is 17.4 Å². The summed E-state index contributed by atoms with van der Waals surface area (Å²) in [6, 6.07) is 6.74. The van der Waals surface area contributed by atoms with Gasteiger partial charge < -0.3 is 30.0 Å². The van der Waals surface area contributed by atoms with Crippen molar-refractivity contribution in [3.05, 3.63) is 71.2 Å². The maximum absolute atomic E-state index is 15.4. The van der Waals surface area contributed by atoms with E-state index in [1.54, 1.807) is 24.3 Å². The Labute approximate surface area is 216 Å². The molecular weight excluding hydrogens is 495 g/mol. The van der Waals surface area contributed by atoms with E-state index in [0.717, 1.165) is 5.57 Å². The van der Waals surface area contributed by atoms with Crippen molar-refractivity contribution in [2.75, 3.05) is 32.2 Å². The van der Waals surface area contributed by atoms with Crippen molar-refractivity contribution < 1.29 is 28.1 Å². The van der Waals surface area contributed by atoms with Crippen LogP contribution in [0.5, 0.6) is 17.4 Å². The molecule has 0 fully saturated rings. The minimum absolute atomic E-state index is 0.0259. The van der Waals surface area contributed by atoms with Gasteiger partial charge >= 0.3 is 0 Å². The summed E-state index contributed by atoms with van der Waals surface area (Å²) in [6.07, 6.45) is 5.52. The molecule has 12 heteroatoms. The molecule has 0 unspecified atom stereocenters. The summed E-state index contributed by atoms with van der Waals surface area (Å²) in [5.41, 5.74) is 7.75. The minimum atomic E-state index is -1.21. The molecule has 0 bridgehead atoms. The second kappa shape index (κ2) is 9.38. The standard InChI is InChI=1S/C26H23FN6O5/c1-35-21-13-30-19(12-31-21)24(34)32-15-2-3-20-16(10-15)26(6-7-29-25(28)38-26)17-11-18(14-4-8-36-9-5-14)33-23(27)22(17)37-20/h2-4,10-13H,5-9H2,1H3,(H2,28,29)(H,32,34)/t26-/m0/s1. The number of nitrogens with two attached hydrogens (primary N) is 1. The van der Waals surface area contributed by atoms with Gasteiger partial charge in [0.2, 0.25) is 5.88 Å². The third-order valence-electron chi connectivity index (χ3n) is 6.62. The molecule has 0 saturated heterocycles. The highest BCUT2D eigenvalue weighted by Gasteiger charge is 2.48. The number of carbonyl (C=O) groups is 1. The predicted octanol–water partition coefficient (Wildman–Crippen LogP) is 3.16. The highest BCUT2D eigenvalue weighted by Crippen LogP contribution is 2.53. The number of hydrogen-bond donors (Lipinski definition) is 2. The van der Waals surface area contributed by atoms with E-state index >= 15 is 4.39 Å². The summed E-state index contributed by atoms with van der Waals surface area (Å²) >= 11 is 0. The van der Waals surface area contributed by atoms with Gasteiger partial charge in [0.05, 0.1) is 38.4 Å². The Bertz CT molecular complexity index is 1490. The number of aliphatic imine (C=N–C) groups is 1. The number of aromatic nitrogens is 3. The number of carbonyl (C=O) groups excluding carboxylic acids is 1. The number of rotatable bonds is 4. The Hall–Kier alpha value is -4.58. The molecule has 1 atom stereocenters. The van der Waals surface area contributed by atoms with E-state index in [0.29, 0.717) is 66.7 Å². The number of pyridine rings is 1. The topological polar surface area (TPSA) is 143 Å². The predicted molar refractivity (Wildman–Crippen MR) is 134 cm³/mol. The molecule has 0 aliphatic carbocycles. The van der Waals surface area contributed by atoms with Crippen molar-refractivity contribution >= 4 is 23.2 Å². The Morgan fingerprint density at radius 3 is 2.84 bits per heavy atom. The number of anilines is 1. The Kier molecular flexibility index (Phi) is 5.87. The maximum atomic E-state index is 15.4. The molecule has 3 aliphatic heterocycles. The summed E-state index contributed by atoms with van der Waals surface area (Å²) in [7, 11) is 1.46. The number of methoxy groups -OCH3 is 1. The number of ether oxygens (including phenoxy) is 4. The van der Waals surface area contributed by atoms with Gasteiger partial charge in [0.15, 0.2) is 11.4 Å². The summed E-state index contributed by atoms with van der Waals surface area (Å²) in [5.74, 6) is -0.613. The summed E-state index contributed by atoms with van der Waals surface area (Å²) in [6.45, 7) is 1.30. The van der Waals surface area contributed by atoms with Crippen molar-refractivity contribution in [2.24, 2.45) is 10.7 Å². The largest absolute Gasteiger partial charge is 0.480 e. The number of fused-ring (bicyclic) bond motifs is 4. The van der Waals surface area contributed by atoms with Crippen LogP contribution < -0.4 is 20.5 Å². The normalized spacial score (nSPS) is 19.7. The molecule has 1 aromatic carbocycles. The zero-order valence-electron chi connectivity index (χ0n) is 20.4. The monoisotopic (exact) mass is 518 g/mol. The van der Waals surface area contributed by atoms with Gasteiger partial charge in [-0.15, -0.1) is 0 Å². The molecule has 38 heavy (non-hydrogen) atoms. The molecule has 0 saturated carbocycles. The number of hydrogen-bond acceptors (Lipinski definition) is 10. The van der Waals surface area contributed by atoms with Gasteiger partial charge in [0.1, 0.15) is 11.4 Å². The van der Waals surface area contributed by atoms with Crippen LogP contribution in [0.1, 0.15) is 40.2 Å². The van der Waals surface area contributed by atoms with Gasteiger partial charge in [-0.3, -0.25) is 4.79 Å². The lowest BCUT2D eigenvalue weighted by Crippen LogP contribution is -2.43. The molecule has 0 radical (unpaired) electrons. The summed E-state index contributed by atoms with van der Waals surface area (Å²) in [4.78, 5) is 29.3. The lowest BCUT2D eigenvalue weighted by atomic mass is 9.79. The van der Waals surface area contributed by atoms with Gasteiger partial charge in [-0.2, -0.15) is 4.39 Å². The number of nitrogens with zero attached hydrogens (tertiary/aromatic N) is 4. The molecule has 6 rings (SSSR count). The third kappa shape index (κ3) is 4.08. The van der Waals surface area contributed by atoms with E-state index in [2.05, 4.69) is 25.3 Å². The highest BCUT2D eigenvalue weighted by molar-refractivity contribution is 6.02. The van der Waals surface area contributed by atoms with Crippen LogP contribution >= 0.6 is 0 Å². The van der Waals surface area contributed by atoms with E-state index in [1.165, 1.54) is 19.5 Å². The minimum Gasteiger partial charge on any atom is -0.480 e.